The lowest BCUT2D eigenvalue weighted by Crippen LogP contribution is -3.13. The first kappa shape index (κ1) is 11.1. The molecule has 6 fully saturated rings. The zero-order chi connectivity index (χ0) is 12.9. The molecule has 18 heavy (non-hydrogen) atoms. The monoisotopic (exact) mass is 262 g/mol. The molecule has 0 aromatic carbocycles. The summed E-state index contributed by atoms with van der Waals surface area (Å²) in [6.07, 6.45) is 0. The average molecular weight is 262 g/mol. The number of hydrogen-bond acceptors (Lipinski definition) is 1. The van der Waals surface area contributed by atoms with Gasteiger partial charge in [0, 0.05) is 4.75 Å². The van der Waals surface area contributed by atoms with Crippen molar-refractivity contribution in [3.05, 3.63) is 0 Å². The van der Waals surface area contributed by atoms with Gasteiger partial charge in [-0.25, -0.2) is 0 Å². The molecule has 0 heterocycles. The number of rotatable bonds is 2. The van der Waals surface area contributed by atoms with Crippen LogP contribution < -0.4 is 0 Å². The normalized spacial score (nSPS) is 65.0. The van der Waals surface area contributed by atoms with E-state index < -0.39 is 0 Å². The highest BCUT2D eigenvalue weighted by atomic mass is 32.2. The maximum atomic E-state index is 2.52. The van der Waals surface area contributed by atoms with Gasteiger partial charge in [-0.1, -0.05) is 41.5 Å². The largest absolute Gasteiger partial charge is 0.154 e. The Morgan fingerprint density at radius 2 is 1.22 bits per heavy atom. The summed E-state index contributed by atoms with van der Waals surface area (Å²) in [5.41, 5.74) is 1.95. The first-order valence-electron chi connectivity index (χ1n) is 7.83. The molecule has 0 bridgehead atoms. The van der Waals surface area contributed by atoms with Crippen molar-refractivity contribution < 1.29 is 0 Å². The molecule has 6 aliphatic carbocycles. The first-order chi connectivity index (χ1) is 8.19. The van der Waals surface area contributed by atoms with Crippen LogP contribution in [0.15, 0.2) is 0 Å². The Kier molecular flexibility index (Phi) is 1.45. The second-order valence-electron chi connectivity index (χ2n) is 10.0. The Hall–Kier alpha value is 0.350. The minimum Gasteiger partial charge on any atom is -0.154 e. The van der Waals surface area contributed by atoms with E-state index in [4.69, 9.17) is 0 Å². The molecule has 100 valence electrons. The van der Waals surface area contributed by atoms with Gasteiger partial charge in [0.05, 0.1) is 0 Å². The van der Waals surface area contributed by atoms with Crippen molar-refractivity contribution in [2.24, 2.45) is 51.8 Å². The van der Waals surface area contributed by atoms with Crippen molar-refractivity contribution in [1.29, 1.82) is 0 Å². The molecule has 0 spiro atoms. The lowest BCUT2D eigenvalue weighted by atomic mass is 8.94. The quantitative estimate of drug-likeness (QED) is 0.715. The first-order valence-corrected chi connectivity index (χ1v) is 8.81. The topological polar surface area (TPSA) is 0 Å². The summed E-state index contributed by atoms with van der Waals surface area (Å²) in [6.45, 7) is 14.8. The second-order valence-corrected chi connectivity index (χ2v) is 11.3. The fourth-order valence-electron chi connectivity index (χ4n) is 7.56. The molecular formula is C17H26S. The Labute approximate surface area is 116 Å². The highest BCUT2D eigenvalue weighted by Crippen LogP contribution is 3.11. The third kappa shape index (κ3) is 0.661. The van der Waals surface area contributed by atoms with Crippen LogP contribution in [0.25, 0.3) is 0 Å². The van der Waals surface area contributed by atoms with Crippen molar-refractivity contribution in [2.75, 3.05) is 5.75 Å². The Morgan fingerprint density at radius 1 is 0.778 bits per heavy atom. The Bertz CT molecular complexity index is 407. The van der Waals surface area contributed by atoms with Gasteiger partial charge in [-0.15, -0.1) is 0 Å². The van der Waals surface area contributed by atoms with Crippen LogP contribution in [-0.4, -0.2) is 10.5 Å². The predicted molar refractivity (Wildman–Crippen MR) is 77.5 cm³/mol. The molecule has 0 N–H and O–H groups in total. The second kappa shape index (κ2) is 2.36. The fraction of sp³-hybridized carbons (Fsp3) is 1.00. The lowest BCUT2D eigenvalue weighted by molar-refractivity contribution is -0.617. The van der Waals surface area contributed by atoms with Crippen molar-refractivity contribution in [3.8, 4) is 0 Å². The predicted octanol–water partition coefficient (Wildman–Crippen LogP) is 4.30. The van der Waals surface area contributed by atoms with Crippen LogP contribution in [0.1, 0.15) is 41.5 Å². The van der Waals surface area contributed by atoms with E-state index >= 15 is 0 Å². The third-order valence-electron chi connectivity index (χ3n) is 7.59. The highest BCUT2D eigenvalue weighted by molar-refractivity contribution is 8.00. The van der Waals surface area contributed by atoms with Crippen molar-refractivity contribution in [1.82, 2.24) is 0 Å². The summed E-state index contributed by atoms with van der Waals surface area (Å²) in [7, 11) is 0. The molecule has 0 aromatic rings. The molecule has 0 saturated heterocycles. The van der Waals surface area contributed by atoms with Crippen LogP contribution in [0.3, 0.4) is 0 Å². The molecule has 6 saturated carbocycles. The van der Waals surface area contributed by atoms with E-state index in [9.17, 15) is 0 Å². The highest BCUT2D eigenvalue weighted by Gasteiger charge is 3.10. The van der Waals surface area contributed by atoms with E-state index in [0.717, 1.165) is 10.2 Å². The molecule has 0 atom stereocenters. The van der Waals surface area contributed by atoms with Crippen LogP contribution in [-0.2, 0) is 0 Å². The van der Waals surface area contributed by atoms with Gasteiger partial charge in [0.15, 0.2) is 0 Å². The fourth-order valence-corrected chi connectivity index (χ4v) is 9.70. The van der Waals surface area contributed by atoms with Crippen molar-refractivity contribution in [3.63, 3.8) is 0 Å². The maximum Gasteiger partial charge on any atom is 0.0262 e. The van der Waals surface area contributed by atoms with Gasteiger partial charge in [-0.3, -0.25) is 0 Å². The summed E-state index contributed by atoms with van der Waals surface area (Å²) in [5, 5.41) is 0. The molecule has 0 aromatic heterocycles. The molecule has 1 heteroatoms. The van der Waals surface area contributed by atoms with Crippen LogP contribution in [0, 0.1) is 51.8 Å². The molecule has 0 aliphatic heterocycles. The molecule has 0 amide bonds. The minimum atomic E-state index is 0.515. The van der Waals surface area contributed by atoms with Crippen LogP contribution in [0.5, 0.6) is 0 Å². The summed E-state index contributed by atoms with van der Waals surface area (Å²) < 4.78 is 0.834. The van der Waals surface area contributed by atoms with Gasteiger partial charge < -0.3 is 0 Å². The Morgan fingerprint density at radius 3 is 1.56 bits per heavy atom. The van der Waals surface area contributed by atoms with E-state index in [0.29, 0.717) is 10.8 Å². The molecule has 6 rings (SSSR count). The van der Waals surface area contributed by atoms with Gasteiger partial charge in [0.25, 0.3) is 0 Å². The van der Waals surface area contributed by atoms with E-state index in [1.807, 2.05) is 0 Å². The Balaban J connectivity index is 1.38. The summed E-state index contributed by atoms with van der Waals surface area (Å²) >= 11 is 2.39. The molecule has 0 nitrogen and oxygen atoms in total. The summed E-state index contributed by atoms with van der Waals surface area (Å²) in [4.78, 5) is 0. The smallest absolute Gasteiger partial charge is 0.0262 e. The van der Waals surface area contributed by atoms with Gasteiger partial charge in [0.2, 0.25) is 0 Å². The third-order valence-corrected chi connectivity index (χ3v) is 9.92. The molecular weight excluding hydrogens is 236 g/mol. The maximum absolute atomic E-state index is 2.52. The van der Waals surface area contributed by atoms with Gasteiger partial charge in [-0.05, 0) is 57.5 Å². The van der Waals surface area contributed by atoms with Crippen LogP contribution in [0.2, 0.25) is 0 Å². The van der Waals surface area contributed by atoms with Gasteiger partial charge in [-0.2, -0.15) is 11.8 Å². The zero-order valence-corrected chi connectivity index (χ0v) is 13.4. The zero-order valence-electron chi connectivity index (χ0n) is 12.6. The van der Waals surface area contributed by atoms with Crippen LogP contribution in [0.4, 0.5) is 0 Å². The SMILES string of the molecule is CC(C)(C)CSC12C3C4C1C1C2C3C41C(C)(C)C. The molecule has 6 aliphatic rings. The minimum absolute atomic E-state index is 0.515. The van der Waals surface area contributed by atoms with E-state index in [1.165, 1.54) is 41.3 Å². The lowest BCUT2D eigenvalue weighted by Gasteiger charge is -3.13. The van der Waals surface area contributed by atoms with Crippen molar-refractivity contribution >= 4 is 11.8 Å². The number of thioether (sulfide) groups is 1. The van der Waals surface area contributed by atoms with Gasteiger partial charge in [0.1, 0.15) is 0 Å². The van der Waals surface area contributed by atoms with E-state index in [-0.39, 0.29) is 0 Å². The van der Waals surface area contributed by atoms with E-state index in [1.54, 1.807) is 0 Å². The van der Waals surface area contributed by atoms with E-state index in [2.05, 4.69) is 53.3 Å². The summed E-state index contributed by atoms with van der Waals surface area (Å²) in [5.74, 6) is 8.41. The summed E-state index contributed by atoms with van der Waals surface area (Å²) in [6, 6.07) is 0. The number of hydrogen-bond donors (Lipinski definition) is 0. The van der Waals surface area contributed by atoms with Gasteiger partial charge >= 0.3 is 0 Å². The molecule has 0 radical (unpaired) electrons. The van der Waals surface area contributed by atoms with Crippen molar-refractivity contribution in [2.45, 2.75) is 46.3 Å². The average Bonchev–Trinajstić information content (AvgIpc) is 2.23. The van der Waals surface area contributed by atoms with Crippen LogP contribution >= 0.6 is 11.8 Å². The standard InChI is InChI=1S/C17H26S/c1-14(2,3)7-18-17-11-8-12(17)10-13(17)9(11)16(8,10)15(4,5)6/h8-13H,7H2,1-6H3. The molecule has 0 unspecified atom stereocenters.